The summed E-state index contributed by atoms with van der Waals surface area (Å²) in [6.07, 6.45) is 0. The van der Waals surface area contributed by atoms with Gasteiger partial charge in [-0.3, -0.25) is 4.79 Å². The number of ether oxygens (including phenoxy) is 2. The lowest BCUT2D eigenvalue weighted by Crippen LogP contribution is -2.11. The molecule has 82 valence electrons. The summed E-state index contributed by atoms with van der Waals surface area (Å²) in [5.41, 5.74) is 0. The van der Waals surface area contributed by atoms with E-state index < -0.39 is 5.92 Å². The molecule has 1 heterocycles. The van der Waals surface area contributed by atoms with E-state index >= 15 is 0 Å². The van der Waals surface area contributed by atoms with Gasteiger partial charge in [-0.05, 0) is 13.8 Å². The molecule has 6 heteroatoms. The maximum atomic E-state index is 11.2. The molecule has 0 aliphatic heterocycles. The Morgan fingerprint density at radius 1 is 1.13 bits per heavy atom. The third-order valence-electron chi connectivity index (χ3n) is 1.97. The number of nitrogens with zero attached hydrogens (tertiary/aromatic N) is 3. The standard InChI is InChI=1S/C9H13N3O3/c1-5(6(2)13)7-10-8(14-3)12-9(11-7)15-4/h5H,1-4H3. The highest BCUT2D eigenvalue weighted by Gasteiger charge is 2.17. The minimum Gasteiger partial charge on any atom is -0.467 e. The fourth-order valence-corrected chi connectivity index (χ4v) is 0.911. The van der Waals surface area contributed by atoms with Crippen molar-refractivity contribution in [3.05, 3.63) is 5.82 Å². The fourth-order valence-electron chi connectivity index (χ4n) is 0.911. The Balaban J connectivity index is 3.11. The first-order chi connectivity index (χ1) is 7.08. The highest BCUT2D eigenvalue weighted by molar-refractivity contribution is 5.81. The van der Waals surface area contributed by atoms with Crippen molar-refractivity contribution in [2.24, 2.45) is 0 Å². The molecule has 0 amide bonds. The molecule has 1 atom stereocenters. The minimum atomic E-state index is -0.393. The normalized spacial score (nSPS) is 12.0. The van der Waals surface area contributed by atoms with Crippen LogP contribution in [0.3, 0.4) is 0 Å². The second kappa shape index (κ2) is 4.68. The van der Waals surface area contributed by atoms with Gasteiger partial charge in [0.1, 0.15) is 11.6 Å². The summed E-state index contributed by atoms with van der Waals surface area (Å²) < 4.78 is 9.75. The molecule has 0 aromatic carbocycles. The van der Waals surface area contributed by atoms with Crippen molar-refractivity contribution >= 4 is 5.78 Å². The molecule has 6 nitrogen and oxygen atoms in total. The number of methoxy groups -OCH3 is 2. The second-order valence-electron chi connectivity index (χ2n) is 3.00. The summed E-state index contributed by atoms with van der Waals surface area (Å²) in [6, 6.07) is 0.287. The van der Waals surface area contributed by atoms with Gasteiger partial charge in [0.15, 0.2) is 0 Å². The van der Waals surface area contributed by atoms with Gasteiger partial charge in [0.05, 0.1) is 20.1 Å². The van der Waals surface area contributed by atoms with E-state index in [1.807, 2.05) is 0 Å². The summed E-state index contributed by atoms with van der Waals surface area (Å²) in [5.74, 6) is -0.0627. The van der Waals surface area contributed by atoms with Crippen molar-refractivity contribution in [2.75, 3.05) is 14.2 Å². The first-order valence-electron chi connectivity index (χ1n) is 4.43. The van der Waals surface area contributed by atoms with Crippen molar-refractivity contribution < 1.29 is 14.3 Å². The predicted molar refractivity (Wildman–Crippen MR) is 52.0 cm³/mol. The highest BCUT2D eigenvalue weighted by atomic mass is 16.5. The van der Waals surface area contributed by atoms with Gasteiger partial charge < -0.3 is 9.47 Å². The molecule has 0 bridgehead atoms. The van der Waals surface area contributed by atoms with Crippen LogP contribution in [0.15, 0.2) is 0 Å². The van der Waals surface area contributed by atoms with Crippen molar-refractivity contribution in [1.82, 2.24) is 15.0 Å². The SMILES string of the molecule is COc1nc(OC)nc(C(C)C(C)=O)n1. The van der Waals surface area contributed by atoms with Crippen molar-refractivity contribution in [2.45, 2.75) is 19.8 Å². The third kappa shape index (κ3) is 2.61. The van der Waals surface area contributed by atoms with Gasteiger partial charge in [-0.15, -0.1) is 4.98 Å². The molecule has 15 heavy (non-hydrogen) atoms. The van der Waals surface area contributed by atoms with Gasteiger partial charge in [-0.1, -0.05) is 0 Å². The summed E-state index contributed by atoms with van der Waals surface area (Å²) in [6.45, 7) is 3.20. The summed E-state index contributed by atoms with van der Waals surface area (Å²) in [7, 11) is 2.88. The van der Waals surface area contributed by atoms with Crippen LogP contribution in [0.2, 0.25) is 0 Å². The molecule has 0 N–H and O–H groups in total. The van der Waals surface area contributed by atoms with E-state index in [2.05, 4.69) is 15.0 Å². The molecule has 0 spiro atoms. The molecule has 0 radical (unpaired) electrons. The van der Waals surface area contributed by atoms with E-state index in [0.29, 0.717) is 5.82 Å². The molecular weight excluding hydrogens is 198 g/mol. The zero-order valence-electron chi connectivity index (χ0n) is 9.14. The first-order valence-corrected chi connectivity index (χ1v) is 4.43. The molecule has 0 aliphatic carbocycles. The fraction of sp³-hybridized carbons (Fsp3) is 0.556. The van der Waals surface area contributed by atoms with Crippen LogP contribution in [0.4, 0.5) is 0 Å². The molecular formula is C9H13N3O3. The number of carbonyl (C=O) groups is 1. The average molecular weight is 211 g/mol. The van der Waals surface area contributed by atoms with Gasteiger partial charge in [-0.25, -0.2) is 0 Å². The number of carbonyl (C=O) groups excluding carboxylic acids is 1. The lowest BCUT2D eigenvalue weighted by atomic mass is 10.1. The number of aromatic nitrogens is 3. The van der Waals surface area contributed by atoms with Crippen LogP contribution in [0, 0.1) is 0 Å². The van der Waals surface area contributed by atoms with Gasteiger partial charge in [0.25, 0.3) is 0 Å². The predicted octanol–water partition coefficient (Wildman–Crippen LogP) is 0.581. The van der Waals surface area contributed by atoms with Crippen molar-refractivity contribution in [3.8, 4) is 12.0 Å². The van der Waals surface area contributed by atoms with Crippen LogP contribution in [-0.4, -0.2) is 35.0 Å². The lowest BCUT2D eigenvalue weighted by Gasteiger charge is -2.08. The first kappa shape index (κ1) is 11.4. The lowest BCUT2D eigenvalue weighted by molar-refractivity contribution is -0.118. The number of rotatable bonds is 4. The second-order valence-corrected chi connectivity index (χ2v) is 3.00. The van der Waals surface area contributed by atoms with Crippen LogP contribution in [-0.2, 0) is 4.79 Å². The molecule has 1 rings (SSSR count). The van der Waals surface area contributed by atoms with E-state index in [0.717, 1.165) is 0 Å². The largest absolute Gasteiger partial charge is 0.467 e. The molecule has 0 fully saturated rings. The zero-order chi connectivity index (χ0) is 11.4. The molecule has 0 saturated carbocycles. The number of hydrogen-bond donors (Lipinski definition) is 0. The monoisotopic (exact) mass is 211 g/mol. The smallest absolute Gasteiger partial charge is 0.322 e. The molecule has 1 unspecified atom stereocenters. The van der Waals surface area contributed by atoms with Crippen LogP contribution >= 0.6 is 0 Å². The Hall–Kier alpha value is -1.72. The highest BCUT2D eigenvalue weighted by Crippen LogP contribution is 2.16. The number of Topliss-reactive ketones (excluding diaryl/α,β-unsaturated/α-hetero) is 1. The average Bonchev–Trinajstić information content (AvgIpc) is 2.27. The molecule has 1 aromatic rings. The number of hydrogen-bond acceptors (Lipinski definition) is 6. The van der Waals surface area contributed by atoms with Crippen LogP contribution in [0.5, 0.6) is 12.0 Å². The van der Waals surface area contributed by atoms with Crippen LogP contribution in [0.25, 0.3) is 0 Å². The van der Waals surface area contributed by atoms with Gasteiger partial charge in [0.2, 0.25) is 0 Å². The number of ketones is 1. The Morgan fingerprint density at radius 2 is 1.60 bits per heavy atom. The maximum Gasteiger partial charge on any atom is 0.322 e. The van der Waals surface area contributed by atoms with Crippen molar-refractivity contribution in [3.63, 3.8) is 0 Å². The third-order valence-corrected chi connectivity index (χ3v) is 1.97. The van der Waals surface area contributed by atoms with E-state index in [1.165, 1.54) is 21.1 Å². The summed E-state index contributed by atoms with van der Waals surface area (Å²) in [5, 5.41) is 0. The molecule has 1 aromatic heterocycles. The van der Waals surface area contributed by atoms with Crippen LogP contribution < -0.4 is 9.47 Å². The van der Waals surface area contributed by atoms with E-state index in [1.54, 1.807) is 6.92 Å². The van der Waals surface area contributed by atoms with E-state index in [9.17, 15) is 4.79 Å². The van der Waals surface area contributed by atoms with Gasteiger partial charge in [0, 0.05) is 0 Å². The van der Waals surface area contributed by atoms with E-state index in [-0.39, 0.29) is 17.8 Å². The Bertz CT molecular complexity index is 345. The van der Waals surface area contributed by atoms with Gasteiger partial charge in [-0.2, -0.15) is 9.97 Å². The Morgan fingerprint density at radius 3 is 1.93 bits per heavy atom. The zero-order valence-corrected chi connectivity index (χ0v) is 9.14. The summed E-state index contributed by atoms with van der Waals surface area (Å²) >= 11 is 0. The van der Waals surface area contributed by atoms with Crippen LogP contribution in [0.1, 0.15) is 25.6 Å². The maximum absolute atomic E-state index is 11.2. The molecule has 0 aliphatic rings. The summed E-state index contributed by atoms with van der Waals surface area (Å²) in [4.78, 5) is 22.9. The van der Waals surface area contributed by atoms with Gasteiger partial charge >= 0.3 is 12.0 Å². The minimum absolute atomic E-state index is 0.0229. The van der Waals surface area contributed by atoms with Crippen molar-refractivity contribution in [1.29, 1.82) is 0 Å². The molecule has 0 saturated heterocycles. The Labute approximate surface area is 87.7 Å². The van der Waals surface area contributed by atoms with E-state index in [4.69, 9.17) is 9.47 Å². The topological polar surface area (TPSA) is 74.2 Å². The quantitative estimate of drug-likeness (QED) is 0.725. The Kier molecular flexibility index (Phi) is 3.54.